The van der Waals surface area contributed by atoms with Crippen LogP contribution in [0.2, 0.25) is 0 Å². The number of unbranched alkanes of at least 4 members (excludes halogenated alkanes) is 1. The Labute approximate surface area is 117 Å². The van der Waals surface area contributed by atoms with Crippen LogP contribution in [0.5, 0.6) is 0 Å². The lowest BCUT2D eigenvalue weighted by molar-refractivity contribution is -0.244. The van der Waals surface area contributed by atoms with Gasteiger partial charge in [-0.25, -0.2) is 4.31 Å². The fourth-order valence-corrected chi connectivity index (χ4v) is 3.23. The molecule has 0 radical (unpaired) electrons. The second-order valence-corrected chi connectivity index (χ2v) is 6.88. The molecule has 0 aliphatic rings. The number of benzene rings is 1. The van der Waals surface area contributed by atoms with Crippen molar-refractivity contribution in [3.8, 4) is 0 Å². The van der Waals surface area contributed by atoms with Crippen LogP contribution in [0.25, 0.3) is 0 Å². The summed E-state index contributed by atoms with van der Waals surface area (Å²) < 4.78 is 35.5. The van der Waals surface area contributed by atoms with Gasteiger partial charge in [-0.05, 0) is 12.0 Å². The molecule has 0 aromatic heterocycles. The smallest absolute Gasteiger partial charge is 0.274 e. The fraction of sp³-hybridized carbons (Fsp3) is 0.455. The first kappa shape index (κ1) is 17.5. The maximum absolute atomic E-state index is 11.4. The molecule has 0 aliphatic carbocycles. The molecular weight excluding hydrogens is 306 g/mol. The molecule has 0 N–H and O–H groups in total. The standard InChI is InChI=1S/C11H18O7P2/c1-2-3-9-16-19(12,13)18-20(14,15)17-10-11-7-5-4-6-8-11/h4-8H,2-3,9-10H2,1H3,(H,12,13)(H,14,15)/p-2. The number of phosphoric acid groups is 2. The Kier molecular flexibility index (Phi) is 7.06. The molecule has 2 unspecified atom stereocenters. The monoisotopic (exact) mass is 322 g/mol. The van der Waals surface area contributed by atoms with Crippen molar-refractivity contribution < 1.29 is 32.3 Å². The van der Waals surface area contributed by atoms with Gasteiger partial charge in [-0.1, -0.05) is 43.7 Å². The van der Waals surface area contributed by atoms with Crippen molar-refractivity contribution in [3.63, 3.8) is 0 Å². The van der Waals surface area contributed by atoms with Crippen molar-refractivity contribution in [1.82, 2.24) is 0 Å². The van der Waals surface area contributed by atoms with Crippen LogP contribution in [-0.4, -0.2) is 6.61 Å². The first-order valence-corrected chi connectivity index (χ1v) is 8.93. The summed E-state index contributed by atoms with van der Waals surface area (Å²) in [5.41, 5.74) is 0.569. The predicted molar refractivity (Wildman–Crippen MR) is 68.4 cm³/mol. The summed E-state index contributed by atoms with van der Waals surface area (Å²) >= 11 is 0. The molecule has 0 amide bonds. The van der Waals surface area contributed by atoms with Crippen LogP contribution >= 0.6 is 15.6 Å². The summed E-state index contributed by atoms with van der Waals surface area (Å²) in [5.74, 6) is 0. The molecule has 20 heavy (non-hydrogen) atoms. The fourth-order valence-electron chi connectivity index (χ4n) is 1.22. The topological polar surface area (TPSA) is 108 Å². The number of rotatable bonds is 9. The highest BCUT2D eigenvalue weighted by Crippen LogP contribution is 2.55. The minimum absolute atomic E-state index is 0.129. The molecule has 0 fully saturated rings. The van der Waals surface area contributed by atoms with Crippen molar-refractivity contribution >= 4 is 15.6 Å². The first-order chi connectivity index (χ1) is 9.35. The molecule has 2 atom stereocenters. The molecule has 0 heterocycles. The second-order valence-electron chi connectivity index (χ2n) is 3.92. The number of hydrogen-bond acceptors (Lipinski definition) is 7. The van der Waals surface area contributed by atoms with E-state index in [9.17, 15) is 18.9 Å². The molecule has 7 nitrogen and oxygen atoms in total. The number of hydrogen-bond donors (Lipinski definition) is 0. The zero-order chi connectivity index (χ0) is 15.1. The van der Waals surface area contributed by atoms with Crippen LogP contribution in [0.3, 0.4) is 0 Å². The molecule has 0 saturated heterocycles. The first-order valence-electron chi connectivity index (χ1n) is 6.01. The summed E-state index contributed by atoms with van der Waals surface area (Å²) in [7, 11) is -9.89. The average Bonchev–Trinajstić information content (AvgIpc) is 2.37. The van der Waals surface area contributed by atoms with Gasteiger partial charge in [0.1, 0.15) is 0 Å². The molecule has 0 saturated carbocycles. The third kappa shape index (κ3) is 7.31. The Bertz CT molecular complexity index is 491. The van der Waals surface area contributed by atoms with Gasteiger partial charge >= 0.3 is 0 Å². The number of phosphoric ester groups is 2. The Morgan fingerprint density at radius 1 is 1.05 bits per heavy atom. The molecular formula is C11H16O7P2-2. The summed E-state index contributed by atoms with van der Waals surface area (Å²) in [5, 5.41) is 0. The summed E-state index contributed by atoms with van der Waals surface area (Å²) in [6.45, 7) is 1.40. The van der Waals surface area contributed by atoms with E-state index < -0.39 is 15.6 Å². The van der Waals surface area contributed by atoms with Gasteiger partial charge in [0.05, 0.1) is 13.2 Å². The maximum atomic E-state index is 11.4. The zero-order valence-electron chi connectivity index (χ0n) is 11.0. The van der Waals surface area contributed by atoms with Crippen LogP contribution in [0, 0.1) is 0 Å². The van der Waals surface area contributed by atoms with Crippen LogP contribution < -0.4 is 9.79 Å². The molecule has 9 heteroatoms. The van der Waals surface area contributed by atoms with Crippen molar-refractivity contribution in [3.05, 3.63) is 35.9 Å². The molecule has 1 rings (SSSR count). The van der Waals surface area contributed by atoms with Crippen LogP contribution in [0.4, 0.5) is 0 Å². The quantitative estimate of drug-likeness (QED) is 0.505. The minimum Gasteiger partial charge on any atom is -0.756 e. The van der Waals surface area contributed by atoms with Gasteiger partial charge < -0.3 is 18.8 Å². The lowest BCUT2D eigenvalue weighted by atomic mass is 10.2. The Balaban J connectivity index is 2.48. The Morgan fingerprint density at radius 2 is 1.65 bits per heavy atom. The molecule has 0 bridgehead atoms. The van der Waals surface area contributed by atoms with Gasteiger partial charge in [0, 0.05) is 0 Å². The van der Waals surface area contributed by atoms with Crippen molar-refractivity contribution in [1.29, 1.82) is 0 Å². The van der Waals surface area contributed by atoms with Gasteiger partial charge in [-0.15, -0.1) is 0 Å². The van der Waals surface area contributed by atoms with E-state index in [2.05, 4.69) is 13.4 Å². The van der Waals surface area contributed by atoms with Crippen LogP contribution in [0.15, 0.2) is 30.3 Å². The van der Waals surface area contributed by atoms with Crippen molar-refractivity contribution in [2.45, 2.75) is 26.4 Å². The van der Waals surface area contributed by atoms with Gasteiger partial charge in [0.2, 0.25) is 0 Å². The highest BCUT2D eigenvalue weighted by Gasteiger charge is 2.19. The van der Waals surface area contributed by atoms with E-state index in [-0.39, 0.29) is 13.2 Å². The van der Waals surface area contributed by atoms with E-state index in [4.69, 9.17) is 0 Å². The molecule has 114 valence electrons. The van der Waals surface area contributed by atoms with E-state index in [0.717, 1.165) is 0 Å². The molecule has 0 aliphatic heterocycles. The summed E-state index contributed by atoms with van der Waals surface area (Å²) in [6.07, 6.45) is 1.18. The lowest BCUT2D eigenvalue weighted by Crippen LogP contribution is -2.14. The largest absolute Gasteiger partial charge is 0.756 e. The summed E-state index contributed by atoms with van der Waals surface area (Å²) in [6, 6.07) is 8.41. The van der Waals surface area contributed by atoms with E-state index in [1.165, 1.54) is 0 Å². The summed E-state index contributed by atoms with van der Waals surface area (Å²) in [4.78, 5) is 22.6. The highest BCUT2D eigenvalue weighted by molar-refractivity contribution is 7.59. The third-order valence-corrected chi connectivity index (χ3v) is 4.72. The lowest BCUT2D eigenvalue weighted by Gasteiger charge is -2.30. The van der Waals surface area contributed by atoms with Gasteiger partial charge in [-0.2, -0.15) is 0 Å². The van der Waals surface area contributed by atoms with Crippen molar-refractivity contribution in [2.24, 2.45) is 0 Å². The maximum Gasteiger partial charge on any atom is 0.274 e. The second kappa shape index (κ2) is 8.05. The van der Waals surface area contributed by atoms with Crippen LogP contribution in [-0.2, 0) is 29.1 Å². The van der Waals surface area contributed by atoms with Gasteiger partial charge in [0.25, 0.3) is 15.6 Å². The molecule has 0 spiro atoms. The Morgan fingerprint density at radius 3 is 2.25 bits per heavy atom. The highest BCUT2D eigenvalue weighted by atomic mass is 31.3. The Hall–Kier alpha value is -0.520. The zero-order valence-corrected chi connectivity index (χ0v) is 12.8. The molecule has 1 aromatic carbocycles. The van der Waals surface area contributed by atoms with E-state index in [1.807, 2.05) is 6.92 Å². The van der Waals surface area contributed by atoms with Gasteiger partial charge in [0.15, 0.2) is 0 Å². The average molecular weight is 322 g/mol. The van der Waals surface area contributed by atoms with Crippen molar-refractivity contribution in [2.75, 3.05) is 6.61 Å². The van der Waals surface area contributed by atoms with E-state index in [1.54, 1.807) is 30.3 Å². The van der Waals surface area contributed by atoms with Crippen LogP contribution in [0.1, 0.15) is 25.3 Å². The SMILES string of the molecule is CCCCOP(=O)([O-])OP(=O)([O-])OCc1ccccc1. The van der Waals surface area contributed by atoms with E-state index in [0.29, 0.717) is 18.4 Å². The minimum atomic E-state index is -4.98. The van der Waals surface area contributed by atoms with E-state index >= 15 is 0 Å². The van der Waals surface area contributed by atoms with Gasteiger partial charge in [-0.3, -0.25) is 9.13 Å². The predicted octanol–water partition coefficient (Wildman–Crippen LogP) is 1.97. The normalized spacial score (nSPS) is 17.4. The molecule has 1 aromatic rings. The third-order valence-electron chi connectivity index (χ3n) is 2.18.